The number of benzene rings is 1. The number of fused-ring (bicyclic) bond motifs is 1. The van der Waals surface area contributed by atoms with Gasteiger partial charge in [0, 0.05) is 37.2 Å². The van der Waals surface area contributed by atoms with E-state index in [2.05, 4.69) is 14.6 Å². The molecule has 1 atom stereocenters. The van der Waals surface area contributed by atoms with Crippen molar-refractivity contribution in [1.82, 2.24) is 9.27 Å². The van der Waals surface area contributed by atoms with Crippen molar-refractivity contribution in [2.45, 2.75) is 38.4 Å². The fourth-order valence-electron chi connectivity index (χ4n) is 3.95. The Morgan fingerprint density at radius 2 is 2.31 bits per heavy atom. The summed E-state index contributed by atoms with van der Waals surface area (Å²) < 4.78 is 34.7. The van der Waals surface area contributed by atoms with Gasteiger partial charge < -0.3 is 29.5 Å². The van der Waals surface area contributed by atoms with Gasteiger partial charge in [-0.25, -0.2) is 9.18 Å². The minimum atomic E-state index is -0.555. The SMILES string of the molecule is COC(=O)c1c(OCc2cc3c(cc2F)CCO3)nsc1NCCCCN1CC[C@@H](O)C1. The van der Waals surface area contributed by atoms with Crippen molar-refractivity contribution in [3.05, 3.63) is 34.6 Å². The molecule has 0 bridgehead atoms. The zero-order valence-corrected chi connectivity index (χ0v) is 18.9. The van der Waals surface area contributed by atoms with E-state index < -0.39 is 5.97 Å². The number of carbonyl (C=O) groups excluding carboxylic acids is 1. The second kappa shape index (κ2) is 10.5. The van der Waals surface area contributed by atoms with Crippen LogP contribution in [-0.4, -0.2) is 66.3 Å². The third-order valence-electron chi connectivity index (χ3n) is 5.71. The van der Waals surface area contributed by atoms with Crippen molar-refractivity contribution in [1.29, 1.82) is 0 Å². The van der Waals surface area contributed by atoms with E-state index in [9.17, 15) is 14.3 Å². The number of β-amino-alcohol motifs (C(OH)–C–C–N with tert-alkyl or cyclic N) is 1. The maximum Gasteiger partial charge on any atom is 0.346 e. The third kappa shape index (κ3) is 5.31. The van der Waals surface area contributed by atoms with Crippen LogP contribution in [0.5, 0.6) is 11.6 Å². The van der Waals surface area contributed by atoms with Crippen LogP contribution in [0, 0.1) is 5.82 Å². The maximum absolute atomic E-state index is 14.4. The van der Waals surface area contributed by atoms with Crippen LogP contribution in [0.3, 0.4) is 0 Å². The summed E-state index contributed by atoms with van der Waals surface area (Å²) in [5, 5.41) is 13.4. The summed E-state index contributed by atoms with van der Waals surface area (Å²) in [6.07, 6.45) is 3.22. The molecule has 1 aromatic heterocycles. The van der Waals surface area contributed by atoms with Crippen LogP contribution in [-0.2, 0) is 17.8 Å². The highest BCUT2D eigenvalue weighted by Gasteiger charge is 2.24. The van der Waals surface area contributed by atoms with Gasteiger partial charge in [0.2, 0.25) is 5.88 Å². The number of ether oxygens (including phenoxy) is 3. The Balaban J connectivity index is 1.33. The molecular formula is C22H28FN3O5S. The fourth-order valence-corrected chi connectivity index (χ4v) is 4.70. The van der Waals surface area contributed by atoms with Gasteiger partial charge in [-0.05, 0) is 49.5 Å². The first-order chi connectivity index (χ1) is 15.5. The van der Waals surface area contributed by atoms with Gasteiger partial charge in [-0.15, -0.1) is 0 Å². The highest BCUT2D eigenvalue weighted by molar-refractivity contribution is 7.10. The van der Waals surface area contributed by atoms with E-state index in [-0.39, 0.29) is 30.0 Å². The smallest absolute Gasteiger partial charge is 0.346 e. The van der Waals surface area contributed by atoms with Crippen molar-refractivity contribution in [2.75, 3.05) is 45.2 Å². The summed E-state index contributed by atoms with van der Waals surface area (Å²) in [4.78, 5) is 14.6. The Hall–Kier alpha value is -2.43. The second-order valence-electron chi connectivity index (χ2n) is 8.00. The summed E-state index contributed by atoms with van der Waals surface area (Å²) >= 11 is 1.11. The molecular weight excluding hydrogens is 437 g/mol. The number of hydrogen-bond donors (Lipinski definition) is 2. The second-order valence-corrected chi connectivity index (χ2v) is 8.77. The van der Waals surface area contributed by atoms with Crippen molar-refractivity contribution < 1.29 is 28.5 Å². The number of carbonyl (C=O) groups is 1. The predicted octanol–water partition coefficient (Wildman–Crippen LogP) is 2.84. The Morgan fingerprint density at radius 3 is 3.09 bits per heavy atom. The van der Waals surface area contributed by atoms with E-state index in [4.69, 9.17) is 14.2 Å². The standard InChI is InChI=1S/C22H28FN3O5S/c1-29-22(28)19-20(31-13-15-11-18-14(5-9-30-18)10-17(15)23)25-32-21(19)24-6-2-3-7-26-8-4-16(27)12-26/h10-11,16,24,27H,2-9,12-13H2,1H3/t16-/m1/s1. The lowest BCUT2D eigenvalue weighted by molar-refractivity contribution is 0.0596. The largest absolute Gasteiger partial charge is 0.493 e. The molecule has 174 valence electrons. The molecule has 2 aliphatic rings. The van der Waals surface area contributed by atoms with Crippen LogP contribution in [0.2, 0.25) is 0 Å². The topological polar surface area (TPSA) is 93.2 Å². The van der Waals surface area contributed by atoms with Gasteiger partial charge in [-0.2, -0.15) is 4.37 Å². The molecule has 1 saturated heterocycles. The van der Waals surface area contributed by atoms with Gasteiger partial charge in [-0.1, -0.05) is 0 Å². The summed E-state index contributed by atoms with van der Waals surface area (Å²) in [6, 6.07) is 3.11. The zero-order valence-electron chi connectivity index (χ0n) is 18.1. The normalized spacial score (nSPS) is 17.8. The van der Waals surface area contributed by atoms with Crippen LogP contribution in [0.1, 0.15) is 40.7 Å². The van der Waals surface area contributed by atoms with Gasteiger partial charge in [0.05, 0.1) is 19.8 Å². The van der Waals surface area contributed by atoms with Crippen LogP contribution >= 0.6 is 11.5 Å². The van der Waals surface area contributed by atoms with Crippen LogP contribution in [0.15, 0.2) is 12.1 Å². The van der Waals surface area contributed by atoms with Crippen molar-refractivity contribution >= 4 is 22.5 Å². The number of esters is 1. The lowest BCUT2D eigenvalue weighted by Crippen LogP contribution is -2.23. The highest BCUT2D eigenvalue weighted by atomic mass is 32.1. The molecule has 0 spiro atoms. The molecule has 0 saturated carbocycles. The molecule has 0 unspecified atom stereocenters. The molecule has 3 heterocycles. The number of nitrogens with zero attached hydrogens (tertiary/aromatic N) is 2. The van der Waals surface area contributed by atoms with Crippen LogP contribution in [0.25, 0.3) is 0 Å². The van der Waals surface area contributed by atoms with Crippen molar-refractivity contribution in [2.24, 2.45) is 0 Å². The van der Waals surface area contributed by atoms with E-state index in [1.165, 1.54) is 13.2 Å². The van der Waals surface area contributed by atoms with E-state index in [1.54, 1.807) is 6.07 Å². The minimum Gasteiger partial charge on any atom is -0.493 e. The van der Waals surface area contributed by atoms with Gasteiger partial charge in [0.15, 0.2) is 5.56 Å². The van der Waals surface area contributed by atoms with Gasteiger partial charge in [-0.3, -0.25) is 0 Å². The first-order valence-electron chi connectivity index (χ1n) is 10.8. The average molecular weight is 466 g/mol. The minimum absolute atomic E-state index is 0.0721. The molecule has 0 amide bonds. The van der Waals surface area contributed by atoms with Crippen LogP contribution in [0.4, 0.5) is 9.39 Å². The van der Waals surface area contributed by atoms with Crippen molar-refractivity contribution in [3.63, 3.8) is 0 Å². The number of aromatic nitrogens is 1. The Labute approximate surface area is 190 Å². The number of hydrogen-bond acceptors (Lipinski definition) is 9. The molecule has 32 heavy (non-hydrogen) atoms. The van der Waals surface area contributed by atoms with Gasteiger partial charge >= 0.3 is 5.97 Å². The summed E-state index contributed by atoms with van der Waals surface area (Å²) in [5.41, 5.74) is 1.41. The van der Waals surface area contributed by atoms with E-state index in [0.29, 0.717) is 35.9 Å². The monoisotopic (exact) mass is 465 g/mol. The fraction of sp³-hybridized carbons (Fsp3) is 0.545. The summed E-state index contributed by atoms with van der Waals surface area (Å²) in [7, 11) is 1.30. The third-order valence-corrected chi connectivity index (χ3v) is 6.50. The quantitative estimate of drug-likeness (QED) is 0.409. The Morgan fingerprint density at radius 1 is 1.44 bits per heavy atom. The number of rotatable bonds is 10. The number of anilines is 1. The van der Waals surface area contributed by atoms with Crippen LogP contribution < -0.4 is 14.8 Å². The first-order valence-corrected chi connectivity index (χ1v) is 11.6. The molecule has 2 aliphatic heterocycles. The van der Waals surface area contributed by atoms with Gasteiger partial charge in [0.25, 0.3) is 0 Å². The van der Waals surface area contributed by atoms with Gasteiger partial charge in [0.1, 0.15) is 23.2 Å². The number of methoxy groups -OCH3 is 1. The molecule has 1 fully saturated rings. The lowest BCUT2D eigenvalue weighted by Gasteiger charge is -2.14. The number of aliphatic hydroxyl groups excluding tert-OH is 1. The Bertz CT molecular complexity index is 954. The number of likely N-dealkylation sites (tertiary alicyclic amines) is 1. The first kappa shape index (κ1) is 22.8. The average Bonchev–Trinajstić information content (AvgIpc) is 3.51. The predicted molar refractivity (Wildman–Crippen MR) is 118 cm³/mol. The van der Waals surface area contributed by atoms with E-state index in [0.717, 1.165) is 56.0 Å². The maximum atomic E-state index is 14.4. The molecule has 8 nitrogen and oxygen atoms in total. The van der Waals surface area contributed by atoms with E-state index in [1.807, 2.05) is 0 Å². The molecule has 0 aliphatic carbocycles. The zero-order chi connectivity index (χ0) is 22.5. The highest BCUT2D eigenvalue weighted by Crippen LogP contribution is 2.33. The molecule has 0 radical (unpaired) electrons. The number of nitrogens with one attached hydrogen (secondary N) is 1. The summed E-state index contributed by atoms with van der Waals surface area (Å²) in [6.45, 7) is 3.76. The number of aliphatic hydroxyl groups is 1. The molecule has 10 heteroatoms. The number of unbranched alkanes of at least 4 members (excludes halogenated alkanes) is 1. The Kier molecular flexibility index (Phi) is 7.44. The summed E-state index contributed by atoms with van der Waals surface area (Å²) in [5.74, 6) is -0.133. The molecule has 4 rings (SSSR count). The lowest BCUT2D eigenvalue weighted by atomic mass is 10.1. The van der Waals surface area contributed by atoms with Crippen molar-refractivity contribution in [3.8, 4) is 11.6 Å². The van der Waals surface area contributed by atoms with E-state index >= 15 is 0 Å². The molecule has 2 N–H and O–H groups in total. The molecule has 1 aromatic carbocycles. The number of halogens is 1. The molecule has 2 aromatic rings.